The van der Waals surface area contributed by atoms with E-state index in [1.54, 1.807) is 7.11 Å². The summed E-state index contributed by atoms with van der Waals surface area (Å²) in [6.45, 7) is 4.19. The molecule has 2 N–H and O–H groups in total. The van der Waals surface area contributed by atoms with Gasteiger partial charge in [0.2, 0.25) is 11.2 Å². The van der Waals surface area contributed by atoms with Crippen LogP contribution >= 0.6 is 11.6 Å². The van der Waals surface area contributed by atoms with E-state index in [4.69, 9.17) is 26.2 Å². The molecule has 0 spiro atoms. The van der Waals surface area contributed by atoms with E-state index in [1.807, 2.05) is 13.8 Å². The summed E-state index contributed by atoms with van der Waals surface area (Å²) in [7, 11) is 1.58. The van der Waals surface area contributed by atoms with E-state index >= 15 is 0 Å². The Balaban J connectivity index is 2.77. The van der Waals surface area contributed by atoms with E-state index < -0.39 is 0 Å². The highest BCUT2D eigenvalue weighted by molar-refractivity contribution is 6.28. The summed E-state index contributed by atoms with van der Waals surface area (Å²) in [6, 6.07) is 0.0537. The molecule has 1 heterocycles. The lowest BCUT2D eigenvalue weighted by Gasteiger charge is -2.17. The van der Waals surface area contributed by atoms with Gasteiger partial charge >= 0.3 is 6.01 Å². The van der Waals surface area contributed by atoms with Crippen molar-refractivity contribution in [1.29, 1.82) is 0 Å². The Morgan fingerprint density at radius 1 is 1.32 bits per heavy atom. The molecule has 7 nitrogen and oxygen atoms in total. The summed E-state index contributed by atoms with van der Waals surface area (Å²) < 4.78 is 10.4. The minimum atomic E-state index is -0.111. The number of halogens is 1. The van der Waals surface area contributed by atoms with Crippen molar-refractivity contribution in [2.75, 3.05) is 25.6 Å². The largest absolute Gasteiger partial charge is 0.461 e. The molecule has 1 aromatic heterocycles. The minimum Gasteiger partial charge on any atom is -0.461 e. The maximum absolute atomic E-state index is 8.97. The van der Waals surface area contributed by atoms with Crippen LogP contribution in [-0.4, -0.2) is 52.5 Å². The number of ether oxygens (including phenoxy) is 2. The summed E-state index contributed by atoms with van der Waals surface area (Å²) in [6.07, 6.45) is 0.455. The second-order valence-corrected chi connectivity index (χ2v) is 4.52. The maximum Gasteiger partial charge on any atom is 0.322 e. The quantitative estimate of drug-likeness (QED) is 0.741. The van der Waals surface area contributed by atoms with Gasteiger partial charge in [-0.05, 0) is 31.9 Å². The predicted octanol–water partition coefficient (Wildman–Crippen LogP) is 1.12. The number of aromatic nitrogens is 3. The van der Waals surface area contributed by atoms with Crippen molar-refractivity contribution in [3.8, 4) is 6.01 Å². The number of nitrogens with one attached hydrogen (secondary N) is 1. The van der Waals surface area contributed by atoms with Crippen LogP contribution in [0.3, 0.4) is 0 Å². The molecule has 1 unspecified atom stereocenters. The fraction of sp³-hybridized carbons (Fsp3) is 0.727. The number of rotatable bonds is 8. The van der Waals surface area contributed by atoms with Crippen molar-refractivity contribution in [1.82, 2.24) is 15.0 Å². The smallest absolute Gasteiger partial charge is 0.322 e. The lowest BCUT2D eigenvalue weighted by atomic mass is 10.2. The average Bonchev–Trinajstić information content (AvgIpc) is 2.27. The summed E-state index contributed by atoms with van der Waals surface area (Å²) in [5.74, 6) is 0.297. The Morgan fingerprint density at radius 3 is 2.63 bits per heavy atom. The number of anilines is 1. The Kier molecular flexibility index (Phi) is 6.75. The van der Waals surface area contributed by atoms with Gasteiger partial charge < -0.3 is 19.9 Å². The molecular formula is C11H19ClN4O3. The Bertz CT molecular complexity index is 386. The van der Waals surface area contributed by atoms with Crippen molar-refractivity contribution in [3.05, 3.63) is 5.28 Å². The summed E-state index contributed by atoms with van der Waals surface area (Å²) >= 11 is 5.81. The van der Waals surface area contributed by atoms with Gasteiger partial charge in [0.1, 0.15) is 0 Å². The van der Waals surface area contributed by atoms with Gasteiger partial charge in [0.25, 0.3) is 0 Å². The fourth-order valence-corrected chi connectivity index (χ4v) is 1.55. The van der Waals surface area contributed by atoms with Gasteiger partial charge in [-0.1, -0.05) is 0 Å². The molecule has 108 valence electrons. The Morgan fingerprint density at radius 2 is 2.05 bits per heavy atom. The van der Waals surface area contributed by atoms with Crippen molar-refractivity contribution >= 4 is 17.5 Å². The van der Waals surface area contributed by atoms with Crippen LogP contribution in [0.2, 0.25) is 5.28 Å². The van der Waals surface area contributed by atoms with E-state index in [0.717, 1.165) is 0 Å². The zero-order valence-corrected chi connectivity index (χ0v) is 12.0. The van der Waals surface area contributed by atoms with Gasteiger partial charge in [-0.25, -0.2) is 0 Å². The number of methoxy groups -OCH3 is 1. The SMILES string of the molecule is COCC(CCO)Nc1nc(Cl)nc(OC(C)C)n1. The molecule has 0 fully saturated rings. The highest BCUT2D eigenvalue weighted by atomic mass is 35.5. The van der Waals surface area contributed by atoms with Crippen molar-refractivity contribution < 1.29 is 14.6 Å². The molecule has 1 rings (SSSR count). The Hall–Kier alpha value is -1.18. The summed E-state index contributed by atoms with van der Waals surface area (Å²) in [5, 5.41) is 12.0. The molecule has 0 bridgehead atoms. The van der Waals surface area contributed by atoms with E-state index in [0.29, 0.717) is 19.0 Å². The molecular weight excluding hydrogens is 272 g/mol. The van der Waals surface area contributed by atoms with Gasteiger partial charge in [0.05, 0.1) is 18.8 Å². The minimum absolute atomic E-state index is 0.0369. The van der Waals surface area contributed by atoms with Crippen LogP contribution in [0, 0.1) is 0 Å². The molecule has 0 aliphatic rings. The zero-order valence-electron chi connectivity index (χ0n) is 11.3. The first-order chi connectivity index (χ1) is 9.05. The molecule has 0 radical (unpaired) electrons. The average molecular weight is 291 g/mol. The monoisotopic (exact) mass is 290 g/mol. The fourth-order valence-electron chi connectivity index (χ4n) is 1.40. The lowest BCUT2D eigenvalue weighted by molar-refractivity contribution is 0.169. The first kappa shape index (κ1) is 15.9. The van der Waals surface area contributed by atoms with E-state index in [1.165, 1.54) is 0 Å². The molecule has 0 aliphatic carbocycles. The topological polar surface area (TPSA) is 89.4 Å². The van der Waals surface area contributed by atoms with E-state index in [2.05, 4.69) is 20.3 Å². The first-order valence-electron chi connectivity index (χ1n) is 5.99. The highest BCUT2D eigenvalue weighted by Crippen LogP contribution is 2.14. The number of hydrogen-bond donors (Lipinski definition) is 2. The standard InChI is InChI=1S/C11H19ClN4O3/c1-7(2)19-11-15-9(12)14-10(16-11)13-8(4-5-17)6-18-3/h7-8,17H,4-6H2,1-3H3,(H,13,14,15,16). The van der Waals surface area contributed by atoms with E-state index in [9.17, 15) is 0 Å². The first-order valence-corrected chi connectivity index (χ1v) is 6.37. The second-order valence-electron chi connectivity index (χ2n) is 4.19. The summed E-state index contributed by atoms with van der Waals surface area (Å²) in [4.78, 5) is 11.9. The predicted molar refractivity (Wildman–Crippen MR) is 71.6 cm³/mol. The number of aliphatic hydroxyl groups is 1. The molecule has 0 amide bonds. The number of hydrogen-bond acceptors (Lipinski definition) is 7. The molecule has 0 aromatic carbocycles. The third-order valence-corrected chi connectivity index (χ3v) is 2.28. The van der Waals surface area contributed by atoms with Gasteiger partial charge in [-0.2, -0.15) is 15.0 Å². The zero-order chi connectivity index (χ0) is 14.3. The summed E-state index contributed by atoms with van der Waals surface area (Å²) in [5.41, 5.74) is 0. The van der Waals surface area contributed by atoms with Crippen LogP contribution in [0.4, 0.5) is 5.95 Å². The van der Waals surface area contributed by atoms with Gasteiger partial charge in [0, 0.05) is 13.7 Å². The molecule has 1 atom stereocenters. The number of aliphatic hydroxyl groups excluding tert-OH is 1. The Labute approximate surface area is 117 Å². The third kappa shape index (κ3) is 6.00. The van der Waals surface area contributed by atoms with Crippen LogP contribution in [0.5, 0.6) is 6.01 Å². The van der Waals surface area contributed by atoms with Crippen molar-refractivity contribution in [2.24, 2.45) is 0 Å². The normalized spacial score (nSPS) is 12.5. The van der Waals surface area contributed by atoms with Crippen LogP contribution in [0.25, 0.3) is 0 Å². The molecule has 0 saturated carbocycles. The van der Waals surface area contributed by atoms with Crippen LogP contribution in [-0.2, 0) is 4.74 Å². The third-order valence-electron chi connectivity index (χ3n) is 2.11. The number of nitrogens with zero attached hydrogens (tertiary/aromatic N) is 3. The van der Waals surface area contributed by atoms with E-state index in [-0.39, 0.29) is 30.0 Å². The van der Waals surface area contributed by atoms with Crippen LogP contribution < -0.4 is 10.1 Å². The van der Waals surface area contributed by atoms with Gasteiger partial charge in [-0.15, -0.1) is 0 Å². The van der Waals surface area contributed by atoms with Crippen LogP contribution in [0.1, 0.15) is 20.3 Å². The van der Waals surface area contributed by atoms with Crippen LogP contribution in [0.15, 0.2) is 0 Å². The van der Waals surface area contributed by atoms with Crippen molar-refractivity contribution in [3.63, 3.8) is 0 Å². The molecule has 8 heteroatoms. The van der Waals surface area contributed by atoms with Crippen molar-refractivity contribution in [2.45, 2.75) is 32.4 Å². The molecule has 19 heavy (non-hydrogen) atoms. The molecule has 0 aliphatic heterocycles. The van der Waals surface area contributed by atoms with Gasteiger partial charge in [-0.3, -0.25) is 0 Å². The maximum atomic E-state index is 8.97. The lowest BCUT2D eigenvalue weighted by Crippen LogP contribution is -2.27. The molecule has 0 saturated heterocycles. The second kappa shape index (κ2) is 8.08. The van der Waals surface area contributed by atoms with Gasteiger partial charge in [0.15, 0.2) is 0 Å². The molecule has 1 aromatic rings. The highest BCUT2D eigenvalue weighted by Gasteiger charge is 2.12.